The number of aliphatic imine (C=N–C) groups is 1. The lowest BCUT2D eigenvalue weighted by atomic mass is 10.3. The Morgan fingerprint density at radius 2 is 2.27 bits per heavy atom. The Kier molecular flexibility index (Phi) is 6.92. The molecule has 7 heteroatoms. The quantitative estimate of drug-likeness (QED) is 0.426. The van der Waals surface area contributed by atoms with Crippen molar-refractivity contribution in [2.75, 3.05) is 46.5 Å². The summed E-state index contributed by atoms with van der Waals surface area (Å²) in [5, 5.41) is 3.14. The summed E-state index contributed by atoms with van der Waals surface area (Å²) in [5.74, 6) is 1.07. The summed E-state index contributed by atoms with van der Waals surface area (Å²) in [4.78, 5) is 10.8. The molecule has 1 aromatic heterocycles. The zero-order valence-corrected chi connectivity index (χ0v) is 13.1. The average Bonchev–Trinajstić information content (AvgIpc) is 2.58. The maximum Gasteiger partial charge on any atom is 0.212 e. The van der Waals surface area contributed by atoms with E-state index in [1.165, 1.54) is 0 Å². The predicted octanol–water partition coefficient (Wildman–Crippen LogP) is 0.217. The van der Waals surface area contributed by atoms with Crippen LogP contribution in [0.5, 0.6) is 5.88 Å². The summed E-state index contributed by atoms with van der Waals surface area (Å²) < 4.78 is 10.3. The molecule has 22 heavy (non-hydrogen) atoms. The van der Waals surface area contributed by atoms with Gasteiger partial charge >= 0.3 is 0 Å². The number of nitrogens with one attached hydrogen (secondary N) is 1. The molecule has 0 bridgehead atoms. The molecule has 2 rings (SSSR count). The molecule has 0 aromatic carbocycles. The van der Waals surface area contributed by atoms with Gasteiger partial charge < -0.3 is 20.5 Å². The molecule has 3 N–H and O–H groups in total. The molecular weight excluding hydrogens is 282 g/mol. The maximum absolute atomic E-state index is 5.86. The standard InChI is InChI=1S/C15H25N5O2/c1-21-14-4-3-13(11-18-14)12-19-15(16)17-5-2-6-20-7-9-22-10-8-20/h3-4,11H,2,5-10,12H2,1H3,(H3,16,17,19). The highest BCUT2D eigenvalue weighted by atomic mass is 16.5. The second-order valence-corrected chi connectivity index (χ2v) is 5.14. The largest absolute Gasteiger partial charge is 0.481 e. The second-order valence-electron chi connectivity index (χ2n) is 5.14. The Labute approximate surface area is 131 Å². The van der Waals surface area contributed by atoms with E-state index in [0.29, 0.717) is 18.4 Å². The van der Waals surface area contributed by atoms with Gasteiger partial charge in [-0.2, -0.15) is 0 Å². The molecule has 0 amide bonds. The lowest BCUT2D eigenvalue weighted by Crippen LogP contribution is -2.39. The van der Waals surface area contributed by atoms with E-state index in [0.717, 1.165) is 51.4 Å². The lowest BCUT2D eigenvalue weighted by molar-refractivity contribution is 0.0376. The topological polar surface area (TPSA) is 85.0 Å². The Balaban J connectivity index is 1.62. The number of ether oxygens (including phenoxy) is 2. The first-order chi connectivity index (χ1) is 10.8. The van der Waals surface area contributed by atoms with E-state index in [4.69, 9.17) is 15.2 Å². The van der Waals surface area contributed by atoms with Crippen LogP contribution < -0.4 is 15.8 Å². The normalized spacial score (nSPS) is 16.5. The van der Waals surface area contributed by atoms with E-state index in [1.54, 1.807) is 13.3 Å². The van der Waals surface area contributed by atoms with E-state index in [9.17, 15) is 0 Å². The Morgan fingerprint density at radius 1 is 1.45 bits per heavy atom. The summed E-state index contributed by atoms with van der Waals surface area (Å²) in [6.07, 6.45) is 2.79. The second kappa shape index (κ2) is 9.22. The number of nitrogens with two attached hydrogens (primary N) is 1. The molecule has 122 valence electrons. The van der Waals surface area contributed by atoms with Gasteiger partial charge in [0, 0.05) is 31.9 Å². The summed E-state index contributed by atoms with van der Waals surface area (Å²) in [6, 6.07) is 3.75. The molecule has 0 aliphatic carbocycles. The van der Waals surface area contributed by atoms with Crippen LogP contribution in [0.1, 0.15) is 12.0 Å². The molecule has 0 radical (unpaired) electrons. The molecular formula is C15H25N5O2. The van der Waals surface area contributed by atoms with E-state index in [1.807, 2.05) is 12.1 Å². The molecule has 1 saturated heterocycles. The molecule has 1 aromatic rings. The molecule has 0 spiro atoms. The maximum atomic E-state index is 5.86. The van der Waals surface area contributed by atoms with Crippen molar-refractivity contribution >= 4 is 5.96 Å². The van der Waals surface area contributed by atoms with Crippen LogP contribution in [-0.4, -0.2) is 62.3 Å². The van der Waals surface area contributed by atoms with Gasteiger partial charge in [0.05, 0.1) is 26.9 Å². The highest BCUT2D eigenvalue weighted by Gasteiger charge is 2.08. The minimum Gasteiger partial charge on any atom is -0.481 e. The minimum atomic E-state index is 0.470. The Bertz CT molecular complexity index is 458. The lowest BCUT2D eigenvalue weighted by Gasteiger charge is -2.26. The Hall–Kier alpha value is -1.86. The van der Waals surface area contributed by atoms with Crippen LogP contribution >= 0.6 is 0 Å². The molecule has 1 fully saturated rings. The van der Waals surface area contributed by atoms with Crippen molar-refractivity contribution in [3.63, 3.8) is 0 Å². The monoisotopic (exact) mass is 307 g/mol. The predicted molar refractivity (Wildman–Crippen MR) is 86.0 cm³/mol. The molecule has 7 nitrogen and oxygen atoms in total. The smallest absolute Gasteiger partial charge is 0.212 e. The number of pyridine rings is 1. The van der Waals surface area contributed by atoms with Crippen LogP contribution in [0.15, 0.2) is 23.3 Å². The van der Waals surface area contributed by atoms with Gasteiger partial charge in [-0.05, 0) is 18.5 Å². The number of hydrogen-bond donors (Lipinski definition) is 2. The number of morpholine rings is 1. The van der Waals surface area contributed by atoms with Crippen LogP contribution in [0.25, 0.3) is 0 Å². The van der Waals surface area contributed by atoms with Crippen molar-refractivity contribution in [1.29, 1.82) is 0 Å². The summed E-state index contributed by atoms with van der Waals surface area (Å²) in [7, 11) is 1.60. The summed E-state index contributed by atoms with van der Waals surface area (Å²) in [5.41, 5.74) is 6.86. The van der Waals surface area contributed by atoms with E-state index < -0.39 is 0 Å². The SMILES string of the molecule is COc1ccc(CN=C(N)NCCCN2CCOCC2)cn1. The van der Waals surface area contributed by atoms with E-state index in [2.05, 4.69) is 20.2 Å². The molecule has 1 aliphatic heterocycles. The first-order valence-corrected chi connectivity index (χ1v) is 7.61. The van der Waals surface area contributed by atoms with Crippen LogP contribution in [0.2, 0.25) is 0 Å². The number of nitrogens with zero attached hydrogens (tertiary/aromatic N) is 3. The fourth-order valence-corrected chi connectivity index (χ4v) is 2.20. The Morgan fingerprint density at radius 3 is 2.95 bits per heavy atom. The molecule has 1 aliphatic rings. The van der Waals surface area contributed by atoms with Crippen molar-refractivity contribution < 1.29 is 9.47 Å². The van der Waals surface area contributed by atoms with E-state index in [-0.39, 0.29) is 0 Å². The molecule has 0 saturated carbocycles. The van der Waals surface area contributed by atoms with Gasteiger partial charge in [0.2, 0.25) is 5.88 Å². The fourth-order valence-electron chi connectivity index (χ4n) is 2.20. The zero-order chi connectivity index (χ0) is 15.6. The highest BCUT2D eigenvalue weighted by molar-refractivity contribution is 5.77. The molecule has 0 unspecified atom stereocenters. The molecule has 0 atom stereocenters. The third kappa shape index (κ3) is 5.87. The fraction of sp³-hybridized carbons (Fsp3) is 0.600. The number of hydrogen-bond acceptors (Lipinski definition) is 5. The highest BCUT2D eigenvalue weighted by Crippen LogP contribution is 2.07. The van der Waals surface area contributed by atoms with Gasteiger partial charge in [-0.15, -0.1) is 0 Å². The van der Waals surface area contributed by atoms with Crippen molar-refractivity contribution in [1.82, 2.24) is 15.2 Å². The van der Waals surface area contributed by atoms with E-state index >= 15 is 0 Å². The molecule has 2 heterocycles. The number of methoxy groups -OCH3 is 1. The first kappa shape index (κ1) is 16.5. The average molecular weight is 307 g/mol. The van der Waals surface area contributed by atoms with Crippen LogP contribution in [0, 0.1) is 0 Å². The summed E-state index contributed by atoms with van der Waals surface area (Å²) in [6.45, 7) is 6.13. The van der Waals surface area contributed by atoms with Crippen molar-refractivity contribution in [3.05, 3.63) is 23.9 Å². The van der Waals surface area contributed by atoms with Gasteiger partial charge in [-0.25, -0.2) is 9.98 Å². The van der Waals surface area contributed by atoms with Gasteiger partial charge in [0.1, 0.15) is 0 Å². The van der Waals surface area contributed by atoms with Gasteiger partial charge in [0.15, 0.2) is 5.96 Å². The van der Waals surface area contributed by atoms with Crippen LogP contribution in [-0.2, 0) is 11.3 Å². The van der Waals surface area contributed by atoms with Crippen molar-refractivity contribution in [2.24, 2.45) is 10.7 Å². The summed E-state index contributed by atoms with van der Waals surface area (Å²) >= 11 is 0. The van der Waals surface area contributed by atoms with Gasteiger partial charge in [0.25, 0.3) is 0 Å². The zero-order valence-electron chi connectivity index (χ0n) is 13.1. The van der Waals surface area contributed by atoms with Crippen LogP contribution in [0.4, 0.5) is 0 Å². The third-order valence-corrected chi connectivity index (χ3v) is 3.50. The third-order valence-electron chi connectivity index (χ3n) is 3.50. The first-order valence-electron chi connectivity index (χ1n) is 7.61. The van der Waals surface area contributed by atoms with Crippen LogP contribution in [0.3, 0.4) is 0 Å². The van der Waals surface area contributed by atoms with Gasteiger partial charge in [-0.1, -0.05) is 6.07 Å². The number of rotatable bonds is 7. The van der Waals surface area contributed by atoms with Gasteiger partial charge in [-0.3, -0.25) is 4.90 Å². The van der Waals surface area contributed by atoms with Crippen molar-refractivity contribution in [3.8, 4) is 5.88 Å². The number of aromatic nitrogens is 1. The minimum absolute atomic E-state index is 0.470. The number of guanidine groups is 1. The van der Waals surface area contributed by atoms with Crippen molar-refractivity contribution in [2.45, 2.75) is 13.0 Å².